The first-order valence-corrected chi connectivity index (χ1v) is 11.6. The Bertz CT molecular complexity index is 1050. The summed E-state index contributed by atoms with van der Waals surface area (Å²) < 4.78 is 63.2. The van der Waals surface area contributed by atoms with Crippen molar-refractivity contribution < 1.29 is 26.5 Å². The Balaban J connectivity index is 1.89. The monoisotopic (exact) mass is 450 g/mol. The normalized spacial score (nSPS) is 12.2. The summed E-state index contributed by atoms with van der Waals surface area (Å²) in [6.07, 6.45) is 0. The van der Waals surface area contributed by atoms with Gasteiger partial charge in [0.1, 0.15) is 5.75 Å². The van der Waals surface area contributed by atoms with Gasteiger partial charge in [0.25, 0.3) is 0 Å². The molecule has 0 amide bonds. The molecule has 0 aliphatic heterocycles. The van der Waals surface area contributed by atoms with Crippen molar-refractivity contribution in [2.75, 3.05) is 6.61 Å². The van der Waals surface area contributed by atoms with Gasteiger partial charge in [-0.1, -0.05) is 35.4 Å². The molecular formula is C22H20F2O4S2. The number of hydrogen-bond donors (Lipinski definition) is 0. The third-order valence-electron chi connectivity index (χ3n) is 4.35. The van der Waals surface area contributed by atoms with E-state index in [0.717, 1.165) is 25.8 Å². The highest BCUT2D eigenvalue weighted by molar-refractivity contribution is 7.97. The average Bonchev–Trinajstić information content (AvgIpc) is 2.69. The van der Waals surface area contributed by atoms with Crippen molar-refractivity contribution in [1.29, 1.82) is 0 Å². The minimum Gasteiger partial charge on any atom is -0.743 e. The van der Waals surface area contributed by atoms with Gasteiger partial charge in [0.05, 0.1) is 10.9 Å². The van der Waals surface area contributed by atoms with Crippen LogP contribution in [-0.4, -0.2) is 24.8 Å². The molecule has 0 radical (unpaired) electrons. The van der Waals surface area contributed by atoms with Crippen molar-refractivity contribution in [1.82, 2.24) is 0 Å². The average molecular weight is 451 g/mol. The van der Waals surface area contributed by atoms with Crippen LogP contribution in [0, 0.1) is 13.8 Å². The summed E-state index contributed by atoms with van der Waals surface area (Å²) in [6.45, 7) is 2.50. The van der Waals surface area contributed by atoms with E-state index in [1.807, 2.05) is 38.1 Å². The van der Waals surface area contributed by atoms with Crippen molar-refractivity contribution in [3.8, 4) is 5.75 Å². The van der Waals surface area contributed by atoms with Gasteiger partial charge in [-0.2, -0.15) is 8.78 Å². The highest BCUT2D eigenvalue weighted by Crippen LogP contribution is 2.33. The lowest BCUT2D eigenvalue weighted by Gasteiger charge is -2.20. The maximum Gasteiger partial charge on any atom is 0.367 e. The molecule has 3 aromatic carbocycles. The van der Waals surface area contributed by atoms with Gasteiger partial charge in [0, 0.05) is 0 Å². The quantitative estimate of drug-likeness (QED) is 0.379. The highest BCUT2D eigenvalue weighted by Gasteiger charge is 2.38. The Morgan fingerprint density at radius 3 is 1.53 bits per heavy atom. The van der Waals surface area contributed by atoms with Crippen LogP contribution in [0.3, 0.4) is 0 Å². The van der Waals surface area contributed by atoms with E-state index in [0.29, 0.717) is 0 Å². The zero-order valence-electron chi connectivity index (χ0n) is 16.3. The Morgan fingerprint density at radius 2 is 1.17 bits per heavy atom. The SMILES string of the molecule is Cc1ccc([S+](c2ccc(C)cc2)c2ccc(OCC(F)(F)S(=O)(=O)[O-])cc2)cc1. The molecule has 4 nitrogen and oxygen atoms in total. The van der Waals surface area contributed by atoms with Crippen molar-refractivity contribution >= 4 is 21.0 Å². The molecule has 0 saturated heterocycles. The first-order chi connectivity index (χ1) is 14.1. The fourth-order valence-electron chi connectivity index (χ4n) is 2.67. The lowest BCUT2D eigenvalue weighted by molar-refractivity contribution is 0.0279. The molecule has 158 valence electrons. The second kappa shape index (κ2) is 8.75. The van der Waals surface area contributed by atoms with Crippen molar-refractivity contribution in [3.63, 3.8) is 0 Å². The molecule has 0 aliphatic rings. The van der Waals surface area contributed by atoms with Crippen LogP contribution in [0.2, 0.25) is 0 Å². The molecule has 0 heterocycles. The number of aryl methyl sites for hydroxylation is 2. The predicted molar refractivity (Wildman–Crippen MR) is 111 cm³/mol. The lowest BCUT2D eigenvalue weighted by Crippen LogP contribution is -2.35. The lowest BCUT2D eigenvalue weighted by atomic mass is 10.2. The van der Waals surface area contributed by atoms with Crippen molar-refractivity contribution in [2.24, 2.45) is 0 Å². The molecule has 0 aromatic heterocycles. The molecule has 0 atom stereocenters. The Kier molecular flexibility index (Phi) is 6.50. The summed E-state index contributed by atoms with van der Waals surface area (Å²) in [5.74, 6) is 0.0541. The summed E-state index contributed by atoms with van der Waals surface area (Å²) in [5.41, 5.74) is 2.29. The number of benzene rings is 3. The zero-order valence-corrected chi connectivity index (χ0v) is 18.0. The topological polar surface area (TPSA) is 66.4 Å². The molecule has 3 rings (SSSR count). The summed E-state index contributed by atoms with van der Waals surface area (Å²) in [4.78, 5) is 3.14. The van der Waals surface area contributed by atoms with Crippen LogP contribution >= 0.6 is 0 Å². The second-order valence-corrected chi connectivity index (χ2v) is 10.3. The van der Waals surface area contributed by atoms with Crippen molar-refractivity contribution in [3.05, 3.63) is 83.9 Å². The van der Waals surface area contributed by atoms with E-state index >= 15 is 0 Å². The van der Waals surface area contributed by atoms with E-state index in [1.54, 1.807) is 12.1 Å². The first-order valence-electron chi connectivity index (χ1n) is 9.00. The molecule has 0 saturated carbocycles. The second-order valence-electron chi connectivity index (χ2n) is 6.78. The standard InChI is InChI=1S/C22H20F2O4S2/c1-16-3-9-19(10-4-16)29(20-11-5-17(2)6-12-20)21-13-7-18(8-14-21)28-15-22(23,24)30(25,26)27/h3-14H,15H2,1-2H3. The van der Waals surface area contributed by atoms with Crippen LogP contribution < -0.4 is 4.74 Å². The predicted octanol–water partition coefficient (Wildman–Crippen LogP) is 4.92. The van der Waals surface area contributed by atoms with Gasteiger partial charge >= 0.3 is 5.25 Å². The Labute approximate surface area is 177 Å². The molecule has 0 bridgehead atoms. The van der Waals surface area contributed by atoms with Gasteiger partial charge in [-0.05, 0) is 62.4 Å². The van der Waals surface area contributed by atoms with Gasteiger partial charge in [0.15, 0.2) is 31.4 Å². The fraction of sp³-hybridized carbons (Fsp3) is 0.182. The third kappa shape index (κ3) is 5.19. The Hall–Kier alpha value is -2.42. The summed E-state index contributed by atoms with van der Waals surface area (Å²) in [7, 11) is -6.20. The van der Waals surface area contributed by atoms with E-state index in [1.165, 1.54) is 12.1 Å². The van der Waals surface area contributed by atoms with Crippen LogP contribution in [0.4, 0.5) is 8.78 Å². The van der Waals surface area contributed by atoms with E-state index in [9.17, 15) is 21.8 Å². The molecule has 3 aromatic rings. The molecule has 0 spiro atoms. The van der Waals surface area contributed by atoms with E-state index in [4.69, 9.17) is 4.74 Å². The maximum atomic E-state index is 13.3. The minimum absolute atomic E-state index is 0.0541. The smallest absolute Gasteiger partial charge is 0.367 e. The summed E-state index contributed by atoms with van der Waals surface area (Å²) in [6, 6.07) is 22.9. The van der Waals surface area contributed by atoms with Crippen LogP contribution in [-0.2, 0) is 21.0 Å². The van der Waals surface area contributed by atoms with E-state index in [2.05, 4.69) is 24.3 Å². The third-order valence-corrected chi connectivity index (χ3v) is 7.43. The molecule has 0 fully saturated rings. The van der Waals surface area contributed by atoms with Gasteiger partial charge in [-0.15, -0.1) is 0 Å². The largest absolute Gasteiger partial charge is 0.743 e. The minimum atomic E-state index is -5.78. The molecule has 30 heavy (non-hydrogen) atoms. The van der Waals surface area contributed by atoms with Gasteiger partial charge in [-0.3, -0.25) is 0 Å². The molecule has 0 aliphatic carbocycles. The van der Waals surface area contributed by atoms with Crippen LogP contribution in [0.1, 0.15) is 11.1 Å². The maximum absolute atomic E-state index is 13.3. The van der Waals surface area contributed by atoms with Gasteiger partial charge in [0.2, 0.25) is 0 Å². The molecule has 0 N–H and O–H groups in total. The number of alkyl halides is 2. The van der Waals surface area contributed by atoms with E-state index < -0.39 is 32.9 Å². The summed E-state index contributed by atoms with van der Waals surface area (Å²) >= 11 is 0. The van der Waals surface area contributed by atoms with Crippen LogP contribution in [0.15, 0.2) is 87.5 Å². The zero-order chi connectivity index (χ0) is 21.9. The van der Waals surface area contributed by atoms with Gasteiger partial charge in [-0.25, -0.2) is 8.42 Å². The summed E-state index contributed by atoms with van der Waals surface area (Å²) in [5, 5.41) is -4.49. The van der Waals surface area contributed by atoms with Crippen LogP contribution in [0.25, 0.3) is 0 Å². The molecular weight excluding hydrogens is 430 g/mol. The number of halogens is 2. The van der Waals surface area contributed by atoms with E-state index in [-0.39, 0.29) is 5.75 Å². The first kappa shape index (κ1) is 22.3. The fourth-order valence-corrected chi connectivity index (χ4v) is 4.91. The number of rotatable bonds is 7. The number of hydrogen-bond acceptors (Lipinski definition) is 4. The van der Waals surface area contributed by atoms with Crippen molar-refractivity contribution in [2.45, 2.75) is 33.8 Å². The number of ether oxygens (including phenoxy) is 1. The molecule has 8 heteroatoms. The Morgan fingerprint density at radius 1 is 0.800 bits per heavy atom. The molecule has 0 unspecified atom stereocenters. The van der Waals surface area contributed by atoms with Gasteiger partial charge < -0.3 is 9.29 Å². The highest BCUT2D eigenvalue weighted by atomic mass is 32.2. The van der Waals surface area contributed by atoms with Crippen LogP contribution in [0.5, 0.6) is 5.75 Å².